The monoisotopic (exact) mass is 397 g/mol. The van der Waals surface area contributed by atoms with Crippen molar-refractivity contribution in [3.8, 4) is 0 Å². The number of pyridine rings is 1. The van der Waals surface area contributed by atoms with Crippen LogP contribution in [0.15, 0.2) is 30.5 Å². The van der Waals surface area contributed by atoms with E-state index in [0.29, 0.717) is 37.3 Å². The lowest BCUT2D eigenvalue weighted by Gasteiger charge is -2.38. The predicted octanol–water partition coefficient (Wildman–Crippen LogP) is 3.29. The molecule has 1 aliphatic rings. The predicted molar refractivity (Wildman–Crippen MR) is 110 cm³/mol. The van der Waals surface area contributed by atoms with E-state index in [1.165, 1.54) is 0 Å². The summed E-state index contributed by atoms with van der Waals surface area (Å²) in [6.45, 7) is 6.10. The van der Waals surface area contributed by atoms with E-state index in [1.54, 1.807) is 24.6 Å². The third-order valence-electron chi connectivity index (χ3n) is 4.82. The van der Waals surface area contributed by atoms with Gasteiger partial charge < -0.3 is 15.0 Å². The molecule has 0 aromatic carbocycles. The van der Waals surface area contributed by atoms with E-state index in [9.17, 15) is 4.79 Å². The molecule has 1 fully saturated rings. The number of carbonyl (C=O) groups excluding carboxylic acids is 1. The summed E-state index contributed by atoms with van der Waals surface area (Å²) < 4.78 is 6.02. The average Bonchev–Trinajstić information content (AvgIpc) is 3.04. The van der Waals surface area contributed by atoms with Gasteiger partial charge in [-0.15, -0.1) is 11.3 Å². The topological polar surface area (TPSA) is 80.2 Å². The third kappa shape index (κ3) is 3.70. The van der Waals surface area contributed by atoms with Crippen LogP contribution in [-0.2, 0) is 4.74 Å². The molecule has 0 unspecified atom stereocenters. The minimum atomic E-state index is -0.0728. The first-order valence-corrected chi connectivity index (χ1v) is 10.1. The summed E-state index contributed by atoms with van der Waals surface area (Å²) in [7, 11) is 1.69. The molecule has 1 amide bonds. The van der Waals surface area contributed by atoms with Gasteiger partial charge >= 0.3 is 0 Å². The highest BCUT2D eigenvalue weighted by Crippen LogP contribution is 2.30. The van der Waals surface area contributed by atoms with Crippen LogP contribution >= 0.6 is 11.3 Å². The zero-order valence-electron chi connectivity index (χ0n) is 16.2. The number of carbonyl (C=O) groups is 1. The summed E-state index contributed by atoms with van der Waals surface area (Å²) >= 11 is 1.56. The highest BCUT2D eigenvalue weighted by Gasteiger charge is 2.33. The molecule has 3 aromatic heterocycles. The van der Waals surface area contributed by atoms with Crippen LogP contribution in [-0.4, -0.2) is 52.6 Å². The second kappa shape index (κ2) is 7.81. The van der Waals surface area contributed by atoms with Gasteiger partial charge in [0.1, 0.15) is 0 Å². The first kappa shape index (κ1) is 18.8. The van der Waals surface area contributed by atoms with Gasteiger partial charge in [0.25, 0.3) is 5.91 Å². The molecule has 4 heterocycles. The lowest BCUT2D eigenvalue weighted by molar-refractivity contribution is 0.0267. The number of aromatic nitrogens is 3. The molecule has 28 heavy (non-hydrogen) atoms. The van der Waals surface area contributed by atoms with Gasteiger partial charge in [-0.1, -0.05) is 6.07 Å². The Labute approximate surface area is 167 Å². The van der Waals surface area contributed by atoms with Gasteiger partial charge in [0.05, 0.1) is 28.6 Å². The number of likely N-dealkylation sites (tertiary alicyclic amines) is 1. The van der Waals surface area contributed by atoms with E-state index in [4.69, 9.17) is 4.74 Å². The van der Waals surface area contributed by atoms with Crippen molar-refractivity contribution in [1.82, 2.24) is 19.9 Å². The van der Waals surface area contributed by atoms with Gasteiger partial charge in [-0.25, -0.2) is 9.97 Å². The van der Waals surface area contributed by atoms with E-state index < -0.39 is 0 Å². The molecule has 7 nitrogen and oxygen atoms in total. The normalized spacial score (nSPS) is 15.5. The van der Waals surface area contributed by atoms with E-state index >= 15 is 0 Å². The molecule has 1 atom stereocenters. The van der Waals surface area contributed by atoms with Gasteiger partial charge in [0.15, 0.2) is 5.69 Å². The molecule has 0 bridgehead atoms. The van der Waals surface area contributed by atoms with Crippen LogP contribution in [0.5, 0.6) is 0 Å². The van der Waals surface area contributed by atoms with Crippen molar-refractivity contribution in [2.45, 2.75) is 19.9 Å². The molecule has 1 aliphatic heterocycles. The summed E-state index contributed by atoms with van der Waals surface area (Å²) in [6, 6.07) is 7.71. The quantitative estimate of drug-likeness (QED) is 0.688. The molecule has 0 saturated carbocycles. The summed E-state index contributed by atoms with van der Waals surface area (Å²) in [5, 5.41) is 3.29. The Morgan fingerprint density at radius 1 is 1.39 bits per heavy atom. The molecule has 146 valence electrons. The number of hydrogen-bond donors (Lipinski definition) is 1. The molecular weight excluding hydrogens is 374 g/mol. The molecular formula is C20H23N5O2S. The Bertz CT molecular complexity index is 985. The average molecular weight is 398 g/mol. The van der Waals surface area contributed by atoms with Crippen LogP contribution in [0.4, 0.5) is 5.95 Å². The van der Waals surface area contributed by atoms with Gasteiger partial charge in [-0.3, -0.25) is 9.78 Å². The van der Waals surface area contributed by atoms with E-state index in [-0.39, 0.29) is 11.9 Å². The zero-order valence-corrected chi connectivity index (χ0v) is 17.0. The summed E-state index contributed by atoms with van der Waals surface area (Å²) in [5.74, 6) is 0.800. The molecule has 1 N–H and O–H groups in total. The highest BCUT2D eigenvalue weighted by molar-refractivity contribution is 7.19. The minimum Gasteiger partial charge on any atom is -0.384 e. The lowest BCUT2D eigenvalue weighted by atomic mass is 10.0. The number of amides is 1. The Morgan fingerprint density at radius 3 is 2.93 bits per heavy atom. The van der Waals surface area contributed by atoms with Crippen LogP contribution in [0, 0.1) is 12.8 Å². The number of nitrogens with zero attached hydrogens (tertiary/aromatic N) is 4. The van der Waals surface area contributed by atoms with Gasteiger partial charge in [-0.2, -0.15) is 0 Å². The van der Waals surface area contributed by atoms with Crippen LogP contribution in [0.2, 0.25) is 0 Å². The Hall–Kier alpha value is -2.58. The molecule has 1 saturated heterocycles. The second-order valence-corrected chi connectivity index (χ2v) is 8.38. The molecule has 4 rings (SSSR count). The second-order valence-electron chi connectivity index (χ2n) is 7.12. The molecule has 0 spiro atoms. The molecule has 8 heteroatoms. The fourth-order valence-electron chi connectivity index (χ4n) is 3.39. The number of aryl methyl sites for hydroxylation is 1. The van der Waals surface area contributed by atoms with Crippen LogP contribution in [0.25, 0.3) is 10.2 Å². The van der Waals surface area contributed by atoms with Crippen molar-refractivity contribution in [3.63, 3.8) is 0 Å². The fraction of sp³-hybridized carbons (Fsp3) is 0.400. The Morgan fingerprint density at radius 2 is 2.21 bits per heavy atom. The van der Waals surface area contributed by atoms with Crippen LogP contribution < -0.4 is 5.32 Å². The van der Waals surface area contributed by atoms with E-state index in [1.807, 2.05) is 43.0 Å². The van der Waals surface area contributed by atoms with Gasteiger partial charge in [0, 0.05) is 37.2 Å². The van der Waals surface area contributed by atoms with Gasteiger partial charge in [0.2, 0.25) is 5.95 Å². The van der Waals surface area contributed by atoms with Crippen molar-refractivity contribution in [1.29, 1.82) is 0 Å². The number of rotatable bonds is 6. The number of hydrogen-bond acceptors (Lipinski definition) is 7. The third-order valence-corrected chi connectivity index (χ3v) is 5.87. The van der Waals surface area contributed by atoms with E-state index in [0.717, 1.165) is 20.8 Å². The number of fused-ring (bicyclic) bond motifs is 1. The largest absolute Gasteiger partial charge is 0.384 e. The summed E-state index contributed by atoms with van der Waals surface area (Å²) in [4.78, 5) is 29.6. The standard InChI is InChI=1S/C20H23N5O2S/c1-12-8-16-18(28-12)17(19(26)25-9-14(10-25)11-27-3)24-20(23-16)22-13(2)15-6-4-5-7-21-15/h4-8,13-14H,9-11H2,1-3H3,(H,22,23,24)/t13-/m0/s1. The van der Waals surface area contributed by atoms with Crippen molar-refractivity contribution >= 4 is 33.4 Å². The van der Waals surface area contributed by atoms with Crippen LogP contribution in [0.3, 0.4) is 0 Å². The Kier molecular flexibility index (Phi) is 5.23. The molecule has 0 radical (unpaired) electrons. The number of ether oxygens (including phenoxy) is 1. The molecule has 3 aromatic rings. The van der Waals surface area contributed by atoms with E-state index in [2.05, 4.69) is 20.3 Å². The maximum absolute atomic E-state index is 13.1. The van der Waals surface area contributed by atoms with Crippen LogP contribution in [0.1, 0.15) is 34.0 Å². The highest BCUT2D eigenvalue weighted by atomic mass is 32.1. The molecule has 0 aliphatic carbocycles. The lowest BCUT2D eigenvalue weighted by Crippen LogP contribution is -2.51. The van der Waals surface area contributed by atoms with Crippen molar-refractivity contribution in [2.75, 3.05) is 32.1 Å². The van der Waals surface area contributed by atoms with Crippen molar-refractivity contribution in [2.24, 2.45) is 5.92 Å². The number of anilines is 1. The maximum Gasteiger partial charge on any atom is 0.274 e. The SMILES string of the molecule is COCC1CN(C(=O)c2nc(N[C@@H](C)c3ccccn3)nc3cc(C)sc23)C1. The fourth-order valence-corrected chi connectivity index (χ4v) is 4.32. The zero-order chi connectivity index (χ0) is 19.7. The number of thiophene rings is 1. The number of methoxy groups -OCH3 is 1. The minimum absolute atomic E-state index is 0.0462. The van der Waals surface area contributed by atoms with Crippen molar-refractivity contribution in [3.05, 3.63) is 46.7 Å². The summed E-state index contributed by atoms with van der Waals surface area (Å²) in [6.07, 6.45) is 1.76. The maximum atomic E-state index is 13.1. The number of nitrogens with one attached hydrogen (secondary N) is 1. The van der Waals surface area contributed by atoms with Crippen molar-refractivity contribution < 1.29 is 9.53 Å². The first-order valence-electron chi connectivity index (χ1n) is 9.29. The summed E-state index contributed by atoms with van der Waals surface area (Å²) in [5.41, 5.74) is 2.16. The first-order chi connectivity index (χ1) is 13.5. The van der Waals surface area contributed by atoms with Gasteiger partial charge in [-0.05, 0) is 32.0 Å². The Balaban J connectivity index is 1.61. The smallest absolute Gasteiger partial charge is 0.274 e.